The molecule has 22 heavy (non-hydrogen) atoms. The molecule has 1 aromatic carbocycles. The third-order valence-electron chi connectivity index (χ3n) is 3.83. The summed E-state index contributed by atoms with van der Waals surface area (Å²) in [5.74, 6) is 0.892. The number of benzene rings is 1. The van der Waals surface area contributed by atoms with Gasteiger partial charge in [-0.25, -0.2) is 0 Å². The number of anilines is 1. The molecule has 5 nitrogen and oxygen atoms in total. The van der Waals surface area contributed by atoms with E-state index in [9.17, 15) is 4.79 Å². The van der Waals surface area contributed by atoms with E-state index in [2.05, 4.69) is 4.90 Å². The number of halogens is 1. The number of nitrogens with zero attached hydrogens (tertiary/aromatic N) is 2. The Bertz CT molecular complexity index is 663. The van der Waals surface area contributed by atoms with Gasteiger partial charge >= 0.3 is 0 Å². The van der Waals surface area contributed by atoms with Crippen LogP contribution in [0, 0.1) is 0 Å². The predicted molar refractivity (Wildman–Crippen MR) is 86.2 cm³/mol. The highest BCUT2D eigenvalue weighted by Crippen LogP contribution is 2.26. The second-order valence-corrected chi connectivity index (χ2v) is 5.61. The summed E-state index contributed by atoms with van der Waals surface area (Å²) in [4.78, 5) is 16.4. The van der Waals surface area contributed by atoms with Crippen LogP contribution in [0.3, 0.4) is 0 Å². The summed E-state index contributed by atoms with van der Waals surface area (Å²) in [7, 11) is 0. The maximum absolute atomic E-state index is 12.4. The number of para-hydroxylation sites is 1. The first kappa shape index (κ1) is 14.9. The van der Waals surface area contributed by atoms with Gasteiger partial charge in [0.15, 0.2) is 5.76 Å². The van der Waals surface area contributed by atoms with Crippen molar-refractivity contribution in [3.8, 4) is 0 Å². The van der Waals surface area contributed by atoms with E-state index in [1.165, 1.54) is 0 Å². The lowest BCUT2D eigenvalue weighted by atomic mass is 10.2. The van der Waals surface area contributed by atoms with Crippen molar-refractivity contribution in [2.75, 3.05) is 31.1 Å². The van der Waals surface area contributed by atoms with Crippen molar-refractivity contribution in [1.82, 2.24) is 4.90 Å². The van der Waals surface area contributed by atoms with E-state index >= 15 is 0 Å². The van der Waals surface area contributed by atoms with Gasteiger partial charge in [-0.05, 0) is 24.3 Å². The molecule has 1 aromatic heterocycles. The number of piperazine rings is 1. The van der Waals surface area contributed by atoms with E-state index in [4.69, 9.17) is 21.8 Å². The van der Waals surface area contributed by atoms with Crippen molar-refractivity contribution in [2.24, 2.45) is 5.73 Å². The standard InChI is InChI=1S/C16H18ClN3O2/c17-13-3-1-2-4-14(13)19-7-9-20(10-8-19)16(21)15-6-5-12(11-18)22-15/h1-6H,7-11,18H2. The average molecular weight is 320 g/mol. The third kappa shape index (κ3) is 2.96. The molecule has 1 aliphatic heterocycles. The van der Waals surface area contributed by atoms with Gasteiger partial charge in [0, 0.05) is 26.2 Å². The zero-order chi connectivity index (χ0) is 15.5. The second-order valence-electron chi connectivity index (χ2n) is 5.20. The monoisotopic (exact) mass is 319 g/mol. The van der Waals surface area contributed by atoms with Crippen LogP contribution in [0.25, 0.3) is 0 Å². The molecule has 0 atom stereocenters. The minimum Gasteiger partial charge on any atom is -0.455 e. The van der Waals surface area contributed by atoms with Crippen molar-refractivity contribution >= 4 is 23.2 Å². The molecule has 0 unspecified atom stereocenters. The van der Waals surface area contributed by atoms with E-state index in [0.717, 1.165) is 23.8 Å². The van der Waals surface area contributed by atoms with E-state index in [1.807, 2.05) is 24.3 Å². The molecule has 3 rings (SSSR count). The number of carbonyl (C=O) groups excluding carboxylic acids is 1. The number of carbonyl (C=O) groups is 1. The van der Waals surface area contributed by atoms with E-state index in [-0.39, 0.29) is 5.91 Å². The first-order chi connectivity index (χ1) is 10.7. The van der Waals surface area contributed by atoms with Gasteiger partial charge < -0.3 is 20.0 Å². The van der Waals surface area contributed by atoms with Crippen LogP contribution in [0.15, 0.2) is 40.8 Å². The Kier molecular flexibility index (Phi) is 4.36. The largest absolute Gasteiger partial charge is 0.455 e. The number of furan rings is 1. The summed E-state index contributed by atoms with van der Waals surface area (Å²) in [5.41, 5.74) is 6.51. The summed E-state index contributed by atoms with van der Waals surface area (Å²) >= 11 is 6.22. The summed E-state index contributed by atoms with van der Waals surface area (Å²) in [6.45, 7) is 3.08. The normalized spacial score (nSPS) is 15.2. The quantitative estimate of drug-likeness (QED) is 0.943. The van der Waals surface area contributed by atoms with Crippen LogP contribution >= 0.6 is 11.6 Å². The van der Waals surface area contributed by atoms with Gasteiger partial charge in [0.25, 0.3) is 5.91 Å². The summed E-state index contributed by atoms with van der Waals surface area (Å²) < 4.78 is 5.43. The van der Waals surface area contributed by atoms with E-state index in [1.54, 1.807) is 17.0 Å². The summed E-state index contributed by atoms with van der Waals surface area (Å²) in [5, 5.41) is 0.737. The molecule has 116 valence electrons. The minimum atomic E-state index is -0.0847. The lowest BCUT2D eigenvalue weighted by Crippen LogP contribution is -2.48. The van der Waals surface area contributed by atoms with Gasteiger partial charge in [0.1, 0.15) is 5.76 Å². The Labute approximate surface area is 134 Å². The molecule has 0 spiro atoms. The lowest BCUT2D eigenvalue weighted by Gasteiger charge is -2.36. The van der Waals surface area contributed by atoms with Gasteiger partial charge in [0.05, 0.1) is 17.3 Å². The minimum absolute atomic E-state index is 0.0847. The molecule has 0 radical (unpaired) electrons. The Balaban J connectivity index is 1.64. The fourth-order valence-electron chi connectivity index (χ4n) is 2.62. The van der Waals surface area contributed by atoms with Crippen molar-refractivity contribution in [3.63, 3.8) is 0 Å². The Morgan fingerprint density at radius 2 is 1.86 bits per heavy atom. The van der Waals surface area contributed by atoms with Gasteiger partial charge in [0.2, 0.25) is 0 Å². The van der Waals surface area contributed by atoms with Crippen LogP contribution in [-0.2, 0) is 6.54 Å². The Morgan fingerprint density at radius 1 is 1.14 bits per heavy atom. The van der Waals surface area contributed by atoms with Gasteiger partial charge in [-0.1, -0.05) is 23.7 Å². The van der Waals surface area contributed by atoms with E-state index in [0.29, 0.717) is 31.2 Å². The van der Waals surface area contributed by atoms with Crippen LogP contribution < -0.4 is 10.6 Å². The molecular formula is C16H18ClN3O2. The number of hydrogen-bond acceptors (Lipinski definition) is 4. The van der Waals surface area contributed by atoms with Crippen LogP contribution in [0.2, 0.25) is 5.02 Å². The SMILES string of the molecule is NCc1ccc(C(=O)N2CCN(c3ccccc3Cl)CC2)o1. The average Bonchev–Trinajstić information content (AvgIpc) is 3.04. The Morgan fingerprint density at radius 3 is 2.50 bits per heavy atom. The molecule has 0 saturated carbocycles. The smallest absolute Gasteiger partial charge is 0.289 e. The lowest BCUT2D eigenvalue weighted by molar-refractivity contribution is 0.0713. The highest BCUT2D eigenvalue weighted by atomic mass is 35.5. The molecule has 6 heteroatoms. The van der Waals surface area contributed by atoms with Gasteiger partial charge in [-0.15, -0.1) is 0 Å². The second kappa shape index (κ2) is 6.42. The summed E-state index contributed by atoms with van der Waals surface area (Å²) in [6.07, 6.45) is 0. The fraction of sp³-hybridized carbons (Fsp3) is 0.312. The molecule has 1 fully saturated rings. The first-order valence-corrected chi connectivity index (χ1v) is 7.64. The van der Waals surface area contributed by atoms with Crippen LogP contribution in [0.4, 0.5) is 5.69 Å². The number of hydrogen-bond donors (Lipinski definition) is 1. The fourth-order valence-corrected chi connectivity index (χ4v) is 2.87. The molecule has 2 heterocycles. The molecule has 0 bridgehead atoms. The van der Waals surface area contributed by atoms with E-state index < -0.39 is 0 Å². The number of nitrogens with two attached hydrogens (primary N) is 1. The predicted octanol–water partition coefficient (Wildman–Crippen LogP) is 2.35. The zero-order valence-electron chi connectivity index (χ0n) is 12.2. The van der Waals surface area contributed by atoms with Crippen molar-refractivity contribution in [2.45, 2.75) is 6.54 Å². The van der Waals surface area contributed by atoms with Gasteiger partial charge in [-0.3, -0.25) is 4.79 Å². The van der Waals surface area contributed by atoms with Crippen LogP contribution in [0.1, 0.15) is 16.3 Å². The van der Waals surface area contributed by atoms with Crippen molar-refractivity contribution < 1.29 is 9.21 Å². The molecule has 1 aliphatic rings. The number of amides is 1. The molecule has 1 saturated heterocycles. The Hall–Kier alpha value is -1.98. The third-order valence-corrected chi connectivity index (χ3v) is 4.15. The molecule has 2 N–H and O–H groups in total. The summed E-state index contributed by atoms with van der Waals surface area (Å²) in [6, 6.07) is 11.2. The van der Waals surface area contributed by atoms with Crippen molar-refractivity contribution in [1.29, 1.82) is 0 Å². The molecule has 2 aromatic rings. The zero-order valence-corrected chi connectivity index (χ0v) is 12.9. The van der Waals surface area contributed by atoms with Crippen LogP contribution in [0.5, 0.6) is 0 Å². The highest BCUT2D eigenvalue weighted by Gasteiger charge is 2.24. The molecular weight excluding hydrogens is 302 g/mol. The maximum atomic E-state index is 12.4. The van der Waals surface area contributed by atoms with Crippen LogP contribution in [-0.4, -0.2) is 37.0 Å². The van der Waals surface area contributed by atoms with Crippen molar-refractivity contribution in [3.05, 3.63) is 52.9 Å². The number of rotatable bonds is 3. The maximum Gasteiger partial charge on any atom is 0.289 e. The highest BCUT2D eigenvalue weighted by molar-refractivity contribution is 6.33. The topological polar surface area (TPSA) is 62.7 Å². The van der Waals surface area contributed by atoms with Gasteiger partial charge in [-0.2, -0.15) is 0 Å². The first-order valence-electron chi connectivity index (χ1n) is 7.26. The molecule has 1 amide bonds. The molecule has 0 aliphatic carbocycles.